The van der Waals surface area contributed by atoms with E-state index >= 15 is 0 Å². The van der Waals surface area contributed by atoms with Gasteiger partial charge in [0.2, 0.25) is 0 Å². The van der Waals surface area contributed by atoms with Crippen LogP contribution in [0.4, 0.5) is 4.39 Å². The molecule has 1 aromatic carbocycles. The van der Waals surface area contributed by atoms with Gasteiger partial charge in [-0.15, -0.1) is 0 Å². The average Bonchev–Trinajstić information content (AvgIpc) is 2.68. The molecular formula is C13H18ClFN2. The first kappa shape index (κ1) is 12.8. The molecule has 1 heterocycles. The maximum absolute atomic E-state index is 13.8. The fraction of sp³-hybridized carbons (Fsp3) is 0.538. The van der Waals surface area contributed by atoms with E-state index < -0.39 is 0 Å². The highest BCUT2D eigenvalue weighted by Gasteiger charge is 2.31. The summed E-state index contributed by atoms with van der Waals surface area (Å²) < 4.78 is 13.8. The van der Waals surface area contributed by atoms with Crippen LogP contribution in [0.1, 0.15) is 23.6 Å². The number of nitrogens with zero attached hydrogens (tertiary/aromatic N) is 1. The number of rotatable bonds is 2. The second-order valence-electron chi connectivity index (χ2n) is 4.89. The first-order valence-corrected chi connectivity index (χ1v) is 6.27. The van der Waals surface area contributed by atoms with Crippen LogP contribution in [0.25, 0.3) is 0 Å². The van der Waals surface area contributed by atoms with Crippen molar-refractivity contribution >= 4 is 11.6 Å². The zero-order valence-corrected chi connectivity index (χ0v) is 11.0. The molecule has 1 aliphatic rings. The summed E-state index contributed by atoms with van der Waals surface area (Å²) in [6, 6.07) is 3.91. The predicted octanol–water partition coefficient (Wildman–Crippen LogP) is 2.74. The summed E-state index contributed by atoms with van der Waals surface area (Å²) in [5.74, 6) is 0.180. The van der Waals surface area contributed by atoms with E-state index in [1.54, 1.807) is 13.0 Å². The van der Waals surface area contributed by atoms with Crippen molar-refractivity contribution in [2.75, 3.05) is 20.1 Å². The molecule has 2 rings (SSSR count). The summed E-state index contributed by atoms with van der Waals surface area (Å²) in [6.45, 7) is 3.35. The first-order valence-electron chi connectivity index (χ1n) is 5.89. The van der Waals surface area contributed by atoms with Gasteiger partial charge in [0.15, 0.2) is 0 Å². The summed E-state index contributed by atoms with van der Waals surface area (Å²) in [5, 5.41) is 0.263. The Balaban J connectivity index is 2.32. The maximum atomic E-state index is 13.8. The van der Waals surface area contributed by atoms with Gasteiger partial charge in [-0.1, -0.05) is 23.7 Å². The number of likely N-dealkylation sites (tertiary alicyclic amines) is 1. The van der Waals surface area contributed by atoms with Crippen molar-refractivity contribution in [1.82, 2.24) is 4.90 Å². The van der Waals surface area contributed by atoms with Gasteiger partial charge in [0.25, 0.3) is 0 Å². The van der Waals surface area contributed by atoms with Crippen molar-refractivity contribution in [1.29, 1.82) is 0 Å². The Morgan fingerprint density at radius 2 is 2.24 bits per heavy atom. The molecule has 0 amide bonds. The molecule has 0 radical (unpaired) electrons. The smallest absolute Gasteiger partial charge is 0.145 e. The highest BCUT2D eigenvalue weighted by molar-refractivity contribution is 6.31. The Morgan fingerprint density at radius 3 is 2.82 bits per heavy atom. The number of hydrogen-bond donors (Lipinski definition) is 1. The molecule has 0 saturated carbocycles. The fourth-order valence-electron chi connectivity index (χ4n) is 2.56. The lowest BCUT2D eigenvalue weighted by Crippen LogP contribution is -2.20. The molecule has 0 aromatic heterocycles. The van der Waals surface area contributed by atoms with Gasteiger partial charge in [-0.25, -0.2) is 4.39 Å². The van der Waals surface area contributed by atoms with E-state index in [0.717, 1.165) is 18.5 Å². The van der Waals surface area contributed by atoms with Crippen LogP contribution in [0.5, 0.6) is 0 Å². The molecule has 1 aliphatic heterocycles. The average molecular weight is 257 g/mol. The monoisotopic (exact) mass is 256 g/mol. The highest BCUT2D eigenvalue weighted by atomic mass is 35.5. The lowest BCUT2D eigenvalue weighted by molar-refractivity contribution is 0.313. The molecule has 4 heteroatoms. The molecule has 1 aromatic rings. The summed E-state index contributed by atoms with van der Waals surface area (Å²) in [4.78, 5) is 2.20. The number of hydrogen-bond acceptors (Lipinski definition) is 2. The van der Waals surface area contributed by atoms with E-state index in [-0.39, 0.29) is 16.9 Å². The standard InChI is InChI=1S/C13H18ClFN2/c1-8-3-4-10(12(14)13(8)15)11-5-9(6-16)7-17(11)2/h3-4,9,11H,5-7,16H2,1-2H3. The minimum absolute atomic E-state index is 0.186. The third-order valence-corrected chi connectivity index (χ3v) is 4.02. The Hall–Kier alpha value is -0.640. The van der Waals surface area contributed by atoms with Crippen molar-refractivity contribution in [3.8, 4) is 0 Å². The number of benzene rings is 1. The van der Waals surface area contributed by atoms with Crippen LogP contribution in [0.3, 0.4) is 0 Å². The first-order chi connectivity index (χ1) is 8.04. The summed E-state index contributed by atoms with van der Waals surface area (Å²) >= 11 is 6.10. The minimum Gasteiger partial charge on any atom is -0.330 e. The number of nitrogens with two attached hydrogens (primary N) is 1. The van der Waals surface area contributed by atoms with E-state index in [9.17, 15) is 4.39 Å². The molecule has 0 aliphatic carbocycles. The van der Waals surface area contributed by atoms with Crippen LogP contribution in [0.2, 0.25) is 5.02 Å². The molecule has 2 unspecified atom stereocenters. The van der Waals surface area contributed by atoms with Gasteiger partial charge in [0.05, 0.1) is 5.02 Å². The number of aryl methyl sites for hydroxylation is 1. The van der Waals surface area contributed by atoms with Crippen molar-refractivity contribution in [2.45, 2.75) is 19.4 Å². The Kier molecular flexibility index (Phi) is 3.71. The zero-order valence-electron chi connectivity index (χ0n) is 10.2. The van der Waals surface area contributed by atoms with Crippen molar-refractivity contribution in [3.63, 3.8) is 0 Å². The number of halogens is 2. The van der Waals surface area contributed by atoms with E-state index in [1.165, 1.54) is 0 Å². The van der Waals surface area contributed by atoms with Crippen LogP contribution in [0, 0.1) is 18.7 Å². The van der Waals surface area contributed by atoms with Gasteiger partial charge < -0.3 is 5.73 Å². The summed E-state index contributed by atoms with van der Waals surface area (Å²) in [7, 11) is 2.04. The predicted molar refractivity (Wildman–Crippen MR) is 68.7 cm³/mol. The van der Waals surface area contributed by atoms with E-state index in [4.69, 9.17) is 17.3 Å². The second-order valence-corrected chi connectivity index (χ2v) is 5.27. The topological polar surface area (TPSA) is 29.3 Å². The van der Waals surface area contributed by atoms with Crippen molar-refractivity contribution < 1.29 is 4.39 Å². The Morgan fingerprint density at radius 1 is 1.53 bits per heavy atom. The summed E-state index contributed by atoms with van der Waals surface area (Å²) in [5.41, 5.74) is 7.17. The fourth-order valence-corrected chi connectivity index (χ4v) is 2.90. The van der Waals surface area contributed by atoms with Crippen LogP contribution in [-0.2, 0) is 0 Å². The van der Waals surface area contributed by atoms with Crippen LogP contribution >= 0.6 is 11.6 Å². The van der Waals surface area contributed by atoms with Gasteiger partial charge in [-0.2, -0.15) is 0 Å². The van der Waals surface area contributed by atoms with Crippen molar-refractivity contribution in [2.24, 2.45) is 11.7 Å². The normalized spacial score (nSPS) is 25.5. The van der Waals surface area contributed by atoms with Gasteiger partial charge in [0, 0.05) is 12.6 Å². The maximum Gasteiger partial charge on any atom is 0.145 e. The molecule has 2 N–H and O–H groups in total. The van der Waals surface area contributed by atoms with Gasteiger partial charge >= 0.3 is 0 Å². The van der Waals surface area contributed by atoms with Crippen LogP contribution in [-0.4, -0.2) is 25.0 Å². The van der Waals surface area contributed by atoms with E-state index in [2.05, 4.69) is 4.90 Å². The second kappa shape index (κ2) is 4.92. The molecular weight excluding hydrogens is 239 g/mol. The lowest BCUT2D eigenvalue weighted by Gasteiger charge is -2.21. The third kappa shape index (κ3) is 2.32. The lowest BCUT2D eigenvalue weighted by atomic mass is 9.99. The quantitative estimate of drug-likeness (QED) is 0.882. The minimum atomic E-state index is -0.297. The summed E-state index contributed by atoms with van der Waals surface area (Å²) in [6.07, 6.45) is 0.954. The van der Waals surface area contributed by atoms with E-state index in [1.807, 2.05) is 13.1 Å². The molecule has 2 nitrogen and oxygen atoms in total. The van der Waals surface area contributed by atoms with E-state index in [0.29, 0.717) is 18.0 Å². The molecule has 1 saturated heterocycles. The van der Waals surface area contributed by atoms with Crippen LogP contribution in [0.15, 0.2) is 12.1 Å². The third-order valence-electron chi connectivity index (χ3n) is 3.63. The Bertz CT molecular complexity index is 422. The van der Waals surface area contributed by atoms with Gasteiger partial charge in [0.1, 0.15) is 5.82 Å². The largest absolute Gasteiger partial charge is 0.330 e. The van der Waals surface area contributed by atoms with Gasteiger partial charge in [-0.3, -0.25) is 4.90 Å². The molecule has 2 atom stereocenters. The Labute approximate surface area is 107 Å². The highest BCUT2D eigenvalue weighted by Crippen LogP contribution is 2.38. The van der Waals surface area contributed by atoms with Gasteiger partial charge in [-0.05, 0) is 44.0 Å². The molecule has 0 bridgehead atoms. The molecule has 0 spiro atoms. The molecule has 17 heavy (non-hydrogen) atoms. The van der Waals surface area contributed by atoms with Crippen LogP contribution < -0.4 is 5.73 Å². The zero-order chi connectivity index (χ0) is 12.6. The van der Waals surface area contributed by atoms with Crippen molar-refractivity contribution in [3.05, 3.63) is 34.1 Å². The molecule has 94 valence electrons. The molecule has 1 fully saturated rings. The SMILES string of the molecule is Cc1ccc(C2CC(CN)CN2C)c(Cl)c1F.